The Labute approximate surface area is 80.8 Å². The van der Waals surface area contributed by atoms with Gasteiger partial charge in [-0.1, -0.05) is 0 Å². The lowest BCUT2D eigenvalue weighted by Crippen LogP contribution is -2.09. The lowest BCUT2D eigenvalue weighted by atomic mass is 10.2. The largest absolute Gasteiger partial charge is 0.478 e. The SMILES string of the molecule is CC(=O)Nc1cc(C(=O)O)cnc1C. The minimum atomic E-state index is -1.07. The number of amides is 1. The molecular weight excluding hydrogens is 184 g/mol. The fourth-order valence-corrected chi connectivity index (χ4v) is 0.966. The number of anilines is 1. The summed E-state index contributed by atoms with van der Waals surface area (Å²) in [7, 11) is 0. The Morgan fingerprint density at radius 3 is 2.64 bits per heavy atom. The summed E-state index contributed by atoms with van der Waals surface area (Å²) in [6, 6.07) is 1.38. The molecule has 0 unspecified atom stereocenters. The maximum atomic E-state index is 10.8. The van der Waals surface area contributed by atoms with Gasteiger partial charge in [0, 0.05) is 13.1 Å². The topological polar surface area (TPSA) is 79.3 Å². The summed E-state index contributed by atoms with van der Waals surface area (Å²) < 4.78 is 0. The number of carbonyl (C=O) groups is 2. The molecule has 0 aliphatic rings. The molecule has 5 heteroatoms. The van der Waals surface area contributed by atoms with Crippen molar-refractivity contribution in [3.8, 4) is 0 Å². The number of nitrogens with one attached hydrogen (secondary N) is 1. The summed E-state index contributed by atoms with van der Waals surface area (Å²) in [5.74, 6) is -1.32. The number of carbonyl (C=O) groups excluding carboxylic acids is 1. The number of aryl methyl sites for hydroxylation is 1. The van der Waals surface area contributed by atoms with E-state index in [4.69, 9.17) is 5.11 Å². The molecular formula is C9H10N2O3. The van der Waals surface area contributed by atoms with E-state index in [1.54, 1.807) is 6.92 Å². The van der Waals surface area contributed by atoms with Crippen LogP contribution < -0.4 is 5.32 Å². The van der Waals surface area contributed by atoms with E-state index in [-0.39, 0.29) is 11.5 Å². The van der Waals surface area contributed by atoms with E-state index in [0.29, 0.717) is 11.4 Å². The van der Waals surface area contributed by atoms with Gasteiger partial charge in [-0.3, -0.25) is 9.78 Å². The highest BCUT2D eigenvalue weighted by Gasteiger charge is 2.07. The van der Waals surface area contributed by atoms with Crippen molar-refractivity contribution in [1.82, 2.24) is 4.98 Å². The van der Waals surface area contributed by atoms with Crippen LogP contribution >= 0.6 is 0 Å². The van der Waals surface area contributed by atoms with Crippen LogP contribution in [0.1, 0.15) is 23.0 Å². The Morgan fingerprint density at radius 1 is 1.50 bits per heavy atom. The smallest absolute Gasteiger partial charge is 0.337 e. The molecule has 0 atom stereocenters. The monoisotopic (exact) mass is 194 g/mol. The van der Waals surface area contributed by atoms with Crippen molar-refractivity contribution < 1.29 is 14.7 Å². The van der Waals surface area contributed by atoms with Gasteiger partial charge in [-0.15, -0.1) is 0 Å². The number of hydrogen-bond acceptors (Lipinski definition) is 3. The molecule has 1 aromatic rings. The number of pyridine rings is 1. The maximum absolute atomic E-state index is 10.8. The third kappa shape index (κ3) is 2.29. The number of carboxylic acid groups (broad SMARTS) is 1. The lowest BCUT2D eigenvalue weighted by molar-refractivity contribution is -0.114. The quantitative estimate of drug-likeness (QED) is 0.737. The summed E-state index contributed by atoms with van der Waals surface area (Å²) in [6.07, 6.45) is 1.25. The van der Waals surface area contributed by atoms with Gasteiger partial charge in [0.25, 0.3) is 0 Å². The molecule has 2 N–H and O–H groups in total. The highest BCUT2D eigenvalue weighted by atomic mass is 16.4. The standard InChI is InChI=1S/C9H10N2O3/c1-5-8(11-6(2)12)3-7(4-10-5)9(13)14/h3-4H,1-2H3,(H,11,12)(H,13,14). The van der Waals surface area contributed by atoms with Crippen molar-refractivity contribution in [3.05, 3.63) is 23.5 Å². The molecule has 1 heterocycles. The van der Waals surface area contributed by atoms with Crippen LogP contribution in [0.2, 0.25) is 0 Å². The number of hydrogen-bond donors (Lipinski definition) is 2. The first-order chi connectivity index (χ1) is 6.50. The van der Waals surface area contributed by atoms with Gasteiger partial charge in [0.05, 0.1) is 16.9 Å². The van der Waals surface area contributed by atoms with Gasteiger partial charge in [0.15, 0.2) is 0 Å². The second kappa shape index (κ2) is 3.87. The van der Waals surface area contributed by atoms with Crippen molar-refractivity contribution in [2.75, 3.05) is 5.32 Å². The number of aromatic carboxylic acids is 1. The van der Waals surface area contributed by atoms with E-state index < -0.39 is 5.97 Å². The highest BCUT2D eigenvalue weighted by Crippen LogP contribution is 2.13. The van der Waals surface area contributed by atoms with Crippen LogP contribution in [0.25, 0.3) is 0 Å². The molecule has 0 bridgehead atoms. The fraction of sp³-hybridized carbons (Fsp3) is 0.222. The van der Waals surface area contributed by atoms with Gasteiger partial charge in [-0.2, -0.15) is 0 Å². The van der Waals surface area contributed by atoms with Crippen LogP contribution in [-0.2, 0) is 4.79 Å². The minimum absolute atomic E-state index is 0.0550. The zero-order chi connectivity index (χ0) is 10.7. The zero-order valence-electron chi connectivity index (χ0n) is 7.87. The molecule has 0 aliphatic carbocycles. The van der Waals surface area contributed by atoms with E-state index in [9.17, 15) is 9.59 Å². The molecule has 74 valence electrons. The van der Waals surface area contributed by atoms with Crippen LogP contribution in [0.5, 0.6) is 0 Å². The summed E-state index contributed by atoms with van der Waals surface area (Å²) >= 11 is 0. The maximum Gasteiger partial charge on any atom is 0.337 e. The molecule has 0 aromatic carbocycles. The average Bonchev–Trinajstić information content (AvgIpc) is 2.07. The molecule has 1 aromatic heterocycles. The summed E-state index contributed by atoms with van der Waals surface area (Å²) in [5, 5.41) is 11.2. The lowest BCUT2D eigenvalue weighted by Gasteiger charge is -2.05. The van der Waals surface area contributed by atoms with Crippen LogP contribution in [0, 0.1) is 6.92 Å². The zero-order valence-corrected chi connectivity index (χ0v) is 7.87. The Bertz CT molecular complexity index is 388. The fourth-order valence-electron chi connectivity index (χ4n) is 0.966. The highest BCUT2D eigenvalue weighted by molar-refractivity contribution is 5.93. The Kier molecular flexibility index (Phi) is 2.81. The van der Waals surface area contributed by atoms with Gasteiger partial charge >= 0.3 is 5.97 Å². The number of aromatic nitrogens is 1. The molecule has 1 amide bonds. The van der Waals surface area contributed by atoms with Crippen LogP contribution in [-0.4, -0.2) is 22.0 Å². The van der Waals surface area contributed by atoms with E-state index in [2.05, 4.69) is 10.3 Å². The number of nitrogens with zero attached hydrogens (tertiary/aromatic N) is 1. The van der Waals surface area contributed by atoms with E-state index >= 15 is 0 Å². The van der Waals surface area contributed by atoms with E-state index in [0.717, 1.165) is 0 Å². The Hall–Kier alpha value is -1.91. The van der Waals surface area contributed by atoms with Crippen LogP contribution in [0.4, 0.5) is 5.69 Å². The predicted octanol–water partition coefficient (Wildman–Crippen LogP) is 1.05. The van der Waals surface area contributed by atoms with Crippen LogP contribution in [0.15, 0.2) is 12.3 Å². The molecule has 1 rings (SSSR count). The predicted molar refractivity (Wildman–Crippen MR) is 50.2 cm³/mol. The van der Waals surface area contributed by atoms with Gasteiger partial charge < -0.3 is 10.4 Å². The number of carboxylic acids is 1. The first-order valence-corrected chi connectivity index (χ1v) is 3.98. The van der Waals surface area contributed by atoms with Crippen molar-refractivity contribution in [2.45, 2.75) is 13.8 Å². The molecule has 14 heavy (non-hydrogen) atoms. The summed E-state index contributed by atoms with van der Waals surface area (Å²) in [6.45, 7) is 3.05. The summed E-state index contributed by atoms with van der Waals surface area (Å²) in [5.41, 5.74) is 1.07. The van der Waals surface area contributed by atoms with Gasteiger partial charge in [-0.05, 0) is 13.0 Å². The van der Waals surface area contributed by atoms with Crippen molar-refractivity contribution in [3.63, 3.8) is 0 Å². The first kappa shape index (κ1) is 10.2. The van der Waals surface area contributed by atoms with Crippen molar-refractivity contribution >= 4 is 17.6 Å². The minimum Gasteiger partial charge on any atom is -0.478 e. The molecule has 0 saturated carbocycles. The average molecular weight is 194 g/mol. The Balaban J connectivity index is 3.08. The molecule has 0 aliphatic heterocycles. The summed E-state index contributed by atoms with van der Waals surface area (Å²) in [4.78, 5) is 25.2. The van der Waals surface area contributed by atoms with Gasteiger partial charge in [0.2, 0.25) is 5.91 Å². The Morgan fingerprint density at radius 2 is 2.14 bits per heavy atom. The molecule has 0 saturated heterocycles. The molecule has 0 radical (unpaired) electrons. The second-order valence-electron chi connectivity index (χ2n) is 2.84. The third-order valence-electron chi connectivity index (χ3n) is 1.64. The molecule has 5 nitrogen and oxygen atoms in total. The number of rotatable bonds is 2. The van der Waals surface area contributed by atoms with Gasteiger partial charge in [0.1, 0.15) is 0 Å². The third-order valence-corrected chi connectivity index (χ3v) is 1.64. The normalized spacial score (nSPS) is 9.57. The van der Waals surface area contributed by atoms with Crippen molar-refractivity contribution in [1.29, 1.82) is 0 Å². The van der Waals surface area contributed by atoms with E-state index in [1.807, 2.05) is 0 Å². The van der Waals surface area contributed by atoms with Crippen LogP contribution in [0.3, 0.4) is 0 Å². The first-order valence-electron chi connectivity index (χ1n) is 3.98. The van der Waals surface area contributed by atoms with E-state index in [1.165, 1.54) is 19.2 Å². The molecule has 0 fully saturated rings. The van der Waals surface area contributed by atoms with Gasteiger partial charge in [-0.25, -0.2) is 4.79 Å². The molecule has 0 spiro atoms. The van der Waals surface area contributed by atoms with Crippen molar-refractivity contribution in [2.24, 2.45) is 0 Å². The second-order valence-corrected chi connectivity index (χ2v) is 2.84.